The first-order valence-electron chi connectivity index (χ1n) is 3.65. The third-order valence-corrected chi connectivity index (χ3v) is 1.35. The van der Waals surface area contributed by atoms with Gasteiger partial charge in [-0.1, -0.05) is 13.8 Å². The van der Waals surface area contributed by atoms with E-state index in [1.807, 2.05) is 18.5 Å². The van der Waals surface area contributed by atoms with Crippen molar-refractivity contribution in [1.29, 1.82) is 0 Å². The van der Waals surface area contributed by atoms with Gasteiger partial charge in [0.25, 0.3) is 0 Å². The van der Waals surface area contributed by atoms with Gasteiger partial charge in [0.15, 0.2) is 0 Å². The number of hydrogen-bond acceptors (Lipinski definition) is 1. The zero-order chi connectivity index (χ0) is 7.40. The van der Waals surface area contributed by atoms with E-state index in [-0.39, 0.29) is 0 Å². The number of rotatable bonds is 2. The summed E-state index contributed by atoms with van der Waals surface area (Å²) in [5, 5.41) is 3.01. The van der Waals surface area contributed by atoms with Crippen LogP contribution in [-0.2, 0) is 0 Å². The molecule has 0 atom stereocenters. The molecule has 1 heteroatoms. The lowest BCUT2D eigenvalue weighted by Crippen LogP contribution is -1.99. The van der Waals surface area contributed by atoms with E-state index in [0.717, 1.165) is 12.3 Å². The Bertz CT molecular complexity index is 193. The van der Waals surface area contributed by atoms with Crippen LogP contribution in [0.2, 0.25) is 0 Å². The second kappa shape index (κ2) is 3.28. The quantitative estimate of drug-likeness (QED) is 0.572. The topological polar surface area (TPSA) is 12.0 Å². The van der Waals surface area contributed by atoms with E-state index in [1.54, 1.807) is 0 Å². The summed E-state index contributed by atoms with van der Waals surface area (Å²) in [6, 6.07) is 0. The first-order valence-corrected chi connectivity index (χ1v) is 3.65. The molecule has 0 aromatic carbocycles. The van der Waals surface area contributed by atoms with E-state index in [2.05, 4.69) is 24.9 Å². The third-order valence-electron chi connectivity index (χ3n) is 1.35. The van der Waals surface area contributed by atoms with Crippen molar-refractivity contribution < 1.29 is 0 Å². The standard InChI is InChI=1S/C9H13N/c1-8(2)6-9-4-3-5-10-7-9/h4-5,7-8,10H,6H2,1-2H3. The fraction of sp³-hybridized carbons (Fsp3) is 0.444. The van der Waals surface area contributed by atoms with Gasteiger partial charge in [0.1, 0.15) is 0 Å². The molecule has 0 saturated heterocycles. The van der Waals surface area contributed by atoms with Crippen LogP contribution < -0.4 is 5.32 Å². The first kappa shape index (κ1) is 7.17. The van der Waals surface area contributed by atoms with Crippen molar-refractivity contribution in [3.05, 3.63) is 29.8 Å². The molecule has 1 nitrogen and oxygen atoms in total. The van der Waals surface area contributed by atoms with Gasteiger partial charge in [0.05, 0.1) is 0 Å². The zero-order valence-electron chi connectivity index (χ0n) is 6.52. The van der Waals surface area contributed by atoms with Crippen molar-refractivity contribution in [1.82, 2.24) is 5.32 Å². The van der Waals surface area contributed by atoms with E-state index in [4.69, 9.17) is 0 Å². The molecule has 0 fully saturated rings. The Balaban J connectivity index is 2.50. The van der Waals surface area contributed by atoms with Crippen molar-refractivity contribution in [3.8, 4) is 0 Å². The van der Waals surface area contributed by atoms with Gasteiger partial charge in [-0.05, 0) is 24.0 Å². The minimum Gasteiger partial charge on any atom is -0.361 e. The van der Waals surface area contributed by atoms with Crippen LogP contribution in [0.3, 0.4) is 0 Å². The molecular weight excluding hydrogens is 122 g/mol. The van der Waals surface area contributed by atoms with Crippen LogP contribution in [0.15, 0.2) is 29.8 Å². The van der Waals surface area contributed by atoms with Crippen molar-refractivity contribution >= 4 is 0 Å². The molecule has 0 aromatic rings. The second-order valence-electron chi connectivity index (χ2n) is 2.94. The molecule has 1 heterocycles. The Hall–Kier alpha value is -0.940. The van der Waals surface area contributed by atoms with E-state index < -0.39 is 0 Å². The van der Waals surface area contributed by atoms with Gasteiger partial charge in [0.2, 0.25) is 0 Å². The van der Waals surface area contributed by atoms with Crippen LogP contribution in [0, 0.1) is 5.92 Å². The summed E-state index contributed by atoms with van der Waals surface area (Å²) in [7, 11) is 0. The predicted octanol–water partition coefficient (Wildman–Crippen LogP) is 2.19. The molecule has 1 rings (SSSR count). The maximum absolute atomic E-state index is 3.01. The second-order valence-corrected chi connectivity index (χ2v) is 2.94. The van der Waals surface area contributed by atoms with E-state index in [0.29, 0.717) is 0 Å². The monoisotopic (exact) mass is 135 g/mol. The average molecular weight is 135 g/mol. The predicted molar refractivity (Wildman–Crippen MR) is 43.3 cm³/mol. The number of hydrogen-bond donors (Lipinski definition) is 1. The van der Waals surface area contributed by atoms with Gasteiger partial charge < -0.3 is 5.32 Å². The maximum atomic E-state index is 3.01. The summed E-state index contributed by atoms with van der Waals surface area (Å²) in [6.45, 7) is 4.43. The van der Waals surface area contributed by atoms with Crippen molar-refractivity contribution in [2.24, 2.45) is 5.92 Å². The van der Waals surface area contributed by atoms with Crippen molar-refractivity contribution in [3.63, 3.8) is 0 Å². The summed E-state index contributed by atoms with van der Waals surface area (Å²) in [6.07, 6.45) is 6.99. The molecule has 10 heavy (non-hydrogen) atoms. The Morgan fingerprint density at radius 3 is 2.90 bits per heavy atom. The molecule has 0 spiro atoms. The lowest BCUT2D eigenvalue weighted by Gasteiger charge is -2.06. The van der Waals surface area contributed by atoms with Crippen LogP contribution >= 0.6 is 0 Å². The maximum Gasteiger partial charge on any atom is 0.0437 e. The van der Waals surface area contributed by atoms with Crippen molar-refractivity contribution in [2.45, 2.75) is 20.3 Å². The van der Waals surface area contributed by atoms with Gasteiger partial charge in [-0.15, -0.1) is 5.73 Å². The molecule has 54 valence electrons. The molecule has 1 aliphatic rings. The normalized spacial score (nSPS) is 15.3. The van der Waals surface area contributed by atoms with E-state index in [1.165, 1.54) is 5.57 Å². The molecule has 0 saturated carbocycles. The highest BCUT2D eigenvalue weighted by Gasteiger charge is 1.97. The van der Waals surface area contributed by atoms with Gasteiger partial charge in [0, 0.05) is 12.4 Å². The largest absolute Gasteiger partial charge is 0.361 e. The van der Waals surface area contributed by atoms with Crippen LogP contribution in [-0.4, -0.2) is 0 Å². The Kier molecular flexibility index (Phi) is 2.35. The lowest BCUT2D eigenvalue weighted by atomic mass is 10.0. The lowest BCUT2D eigenvalue weighted by molar-refractivity contribution is 0.647. The number of nitrogens with one attached hydrogen (secondary N) is 1. The first-order chi connectivity index (χ1) is 4.79. The summed E-state index contributed by atoms with van der Waals surface area (Å²) in [5.41, 5.74) is 4.34. The SMILES string of the molecule is CC(C)CC1=CNC=C=C1. The van der Waals surface area contributed by atoms with Crippen LogP contribution in [0.5, 0.6) is 0 Å². The highest BCUT2D eigenvalue weighted by molar-refractivity contribution is 5.21. The van der Waals surface area contributed by atoms with Gasteiger partial charge in [-0.3, -0.25) is 0 Å². The third kappa shape index (κ3) is 2.12. The summed E-state index contributed by atoms with van der Waals surface area (Å²) < 4.78 is 0. The van der Waals surface area contributed by atoms with Crippen LogP contribution in [0.25, 0.3) is 0 Å². The summed E-state index contributed by atoms with van der Waals surface area (Å²) in [5.74, 6) is 0.726. The summed E-state index contributed by atoms with van der Waals surface area (Å²) >= 11 is 0. The fourth-order valence-corrected chi connectivity index (χ4v) is 0.976. The molecule has 0 unspecified atom stereocenters. The van der Waals surface area contributed by atoms with E-state index in [9.17, 15) is 0 Å². The molecule has 0 bridgehead atoms. The number of allylic oxidation sites excluding steroid dienone is 2. The Morgan fingerprint density at radius 1 is 1.60 bits per heavy atom. The van der Waals surface area contributed by atoms with Gasteiger partial charge in [-0.2, -0.15) is 0 Å². The molecule has 0 aliphatic carbocycles. The summed E-state index contributed by atoms with van der Waals surface area (Å²) in [4.78, 5) is 0. The molecule has 0 amide bonds. The Morgan fingerprint density at radius 2 is 2.40 bits per heavy atom. The molecule has 0 aromatic heterocycles. The highest BCUT2D eigenvalue weighted by atomic mass is 14.8. The van der Waals surface area contributed by atoms with E-state index >= 15 is 0 Å². The molecule has 1 aliphatic heterocycles. The highest BCUT2D eigenvalue weighted by Crippen LogP contribution is 2.11. The zero-order valence-corrected chi connectivity index (χ0v) is 6.52. The van der Waals surface area contributed by atoms with Crippen LogP contribution in [0.1, 0.15) is 20.3 Å². The van der Waals surface area contributed by atoms with Crippen LogP contribution in [0.4, 0.5) is 0 Å². The fourth-order valence-electron chi connectivity index (χ4n) is 0.976. The molecular formula is C9H13N. The van der Waals surface area contributed by atoms with Gasteiger partial charge in [-0.25, -0.2) is 0 Å². The Labute approximate surface area is 62.1 Å². The minimum atomic E-state index is 0.726. The van der Waals surface area contributed by atoms with Crippen molar-refractivity contribution in [2.75, 3.05) is 0 Å². The molecule has 0 radical (unpaired) electrons. The minimum absolute atomic E-state index is 0.726. The van der Waals surface area contributed by atoms with Gasteiger partial charge >= 0.3 is 0 Å². The average Bonchev–Trinajstić information content (AvgIpc) is 1.88. The molecule has 1 N–H and O–H groups in total. The smallest absolute Gasteiger partial charge is 0.0437 e.